The number of fused-ring (bicyclic) bond motifs is 1. The molecule has 150 valence electrons. The maximum Gasteiger partial charge on any atom is 0.164 e. The van der Waals surface area contributed by atoms with Gasteiger partial charge >= 0.3 is 0 Å². The van der Waals surface area contributed by atoms with Crippen molar-refractivity contribution in [2.45, 2.75) is 25.6 Å². The number of hydrogen-bond acceptors (Lipinski definition) is 6. The van der Waals surface area contributed by atoms with Gasteiger partial charge in [-0.25, -0.2) is 0 Å². The lowest BCUT2D eigenvalue weighted by Crippen LogP contribution is -2.27. The molecule has 28 heavy (non-hydrogen) atoms. The standard InChI is InChI=1S/C22H26O6/c1-22(2)11-10-16-18(28-22)9-7-15(21(16)26-5)17(23)13-27-14-6-8-19(24-3)20(12-14)25-4/h6-12,17,23H,13H2,1-5H3. The number of methoxy groups -OCH3 is 3. The van der Waals surface area contributed by atoms with Crippen LogP contribution in [0.4, 0.5) is 0 Å². The van der Waals surface area contributed by atoms with Crippen molar-refractivity contribution in [2.24, 2.45) is 0 Å². The Morgan fingerprint density at radius 3 is 2.43 bits per heavy atom. The minimum Gasteiger partial charge on any atom is -0.496 e. The molecule has 0 aromatic heterocycles. The number of aliphatic hydroxyl groups excluding tert-OH is 1. The Hall–Kier alpha value is -2.86. The fraction of sp³-hybridized carbons (Fsp3) is 0.364. The Morgan fingerprint density at radius 2 is 1.75 bits per heavy atom. The molecule has 2 aromatic rings. The molecule has 0 bridgehead atoms. The zero-order valence-electron chi connectivity index (χ0n) is 16.8. The number of rotatable bonds is 7. The summed E-state index contributed by atoms with van der Waals surface area (Å²) in [6.07, 6.45) is 3.05. The highest BCUT2D eigenvalue weighted by atomic mass is 16.5. The van der Waals surface area contributed by atoms with Gasteiger partial charge in [-0.1, -0.05) is 0 Å². The Balaban J connectivity index is 1.79. The molecule has 1 N–H and O–H groups in total. The molecule has 1 aliphatic rings. The van der Waals surface area contributed by atoms with E-state index in [-0.39, 0.29) is 12.2 Å². The van der Waals surface area contributed by atoms with Crippen LogP contribution in [0.1, 0.15) is 31.1 Å². The first kappa shape index (κ1) is 19.9. The predicted octanol–water partition coefficient (Wildman–Crippen LogP) is 4.01. The summed E-state index contributed by atoms with van der Waals surface area (Å²) >= 11 is 0. The first-order valence-corrected chi connectivity index (χ1v) is 9.00. The Labute approximate surface area is 165 Å². The maximum atomic E-state index is 10.7. The van der Waals surface area contributed by atoms with Gasteiger partial charge in [-0.3, -0.25) is 0 Å². The summed E-state index contributed by atoms with van der Waals surface area (Å²) in [5, 5.41) is 10.7. The summed E-state index contributed by atoms with van der Waals surface area (Å²) in [7, 11) is 4.71. The molecule has 0 fully saturated rings. The van der Waals surface area contributed by atoms with Crippen molar-refractivity contribution < 1.29 is 28.8 Å². The van der Waals surface area contributed by atoms with E-state index < -0.39 is 6.10 Å². The minimum atomic E-state index is -0.878. The van der Waals surface area contributed by atoms with Crippen LogP contribution in [0.3, 0.4) is 0 Å². The van der Waals surface area contributed by atoms with Crippen LogP contribution in [0.5, 0.6) is 28.7 Å². The Bertz CT molecular complexity index is 872. The predicted molar refractivity (Wildman–Crippen MR) is 107 cm³/mol. The van der Waals surface area contributed by atoms with E-state index in [4.69, 9.17) is 23.7 Å². The Morgan fingerprint density at radius 1 is 1.00 bits per heavy atom. The number of aliphatic hydroxyl groups is 1. The molecule has 6 heteroatoms. The van der Waals surface area contributed by atoms with Gasteiger partial charge in [-0.2, -0.15) is 0 Å². The molecule has 1 heterocycles. The molecule has 1 aliphatic heterocycles. The topological polar surface area (TPSA) is 66.4 Å². The van der Waals surface area contributed by atoms with Crippen LogP contribution in [-0.2, 0) is 0 Å². The monoisotopic (exact) mass is 386 g/mol. The molecule has 0 saturated carbocycles. The van der Waals surface area contributed by atoms with Crippen molar-refractivity contribution in [3.05, 3.63) is 47.5 Å². The average Bonchev–Trinajstić information content (AvgIpc) is 2.69. The van der Waals surface area contributed by atoms with Gasteiger partial charge in [0.05, 0.1) is 26.9 Å². The highest BCUT2D eigenvalue weighted by Gasteiger charge is 2.26. The lowest BCUT2D eigenvalue weighted by atomic mass is 9.98. The van der Waals surface area contributed by atoms with Crippen LogP contribution in [0.15, 0.2) is 36.4 Å². The van der Waals surface area contributed by atoms with Gasteiger partial charge in [0.1, 0.15) is 35.6 Å². The van der Waals surface area contributed by atoms with Gasteiger partial charge in [-0.05, 0) is 50.3 Å². The third kappa shape index (κ3) is 4.02. The van der Waals surface area contributed by atoms with Gasteiger partial charge in [0.2, 0.25) is 0 Å². The second-order valence-electron chi connectivity index (χ2n) is 6.98. The van der Waals surface area contributed by atoms with E-state index in [9.17, 15) is 5.11 Å². The van der Waals surface area contributed by atoms with Crippen LogP contribution >= 0.6 is 0 Å². The van der Waals surface area contributed by atoms with Crippen LogP contribution in [-0.4, -0.2) is 38.6 Å². The second kappa shape index (κ2) is 8.02. The molecule has 6 nitrogen and oxygen atoms in total. The smallest absolute Gasteiger partial charge is 0.164 e. The zero-order chi connectivity index (χ0) is 20.3. The van der Waals surface area contributed by atoms with E-state index >= 15 is 0 Å². The van der Waals surface area contributed by atoms with E-state index in [1.165, 1.54) is 0 Å². The molecule has 3 rings (SSSR count). The highest BCUT2D eigenvalue weighted by molar-refractivity contribution is 5.69. The first-order chi connectivity index (χ1) is 13.4. The van der Waals surface area contributed by atoms with Crippen molar-refractivity contribution in [2.75, 3.05) is 27.9 Å². The van der Waals surface area contributed by atoms with Crippen molar-refractivity contribution in [1.29, 1.82) is 0 Å². The molecular formula is C22H26O6. The van der Waals surface area contributed by atoms with Crippen molar-refractivity contribution >= 4 is 6.08 Å². The largest absolute Gasteiger partial charge is 0.496 e. The summed E-state index contributed by atoms with van der Waals surface area (Å²) in [5.41, 5.74) is 1.06. The molecule has 0 radical (unpaired) electrons. The van der Waals surface area contributed by atoms with E-state index in [1.807, 2.05) is 32.1 Å². The van der Waals surface area contributed by atoms with E-state index in [1.54, 1.807) is 45.6 Å². The quantitative estimate of drug-likeness (QED) is 0.776. The molecule has 1 atom stereocenters. The fourth-order valence-electron chi connectivity index (χ4n) is 3.11. The summed E-state index contributed by atoms with van der Waals surface area (Å²) in [4.78, 5) is 0. The molecule has 2 aromatic carbocycles. The summed E-state index contributed by atoms with van der Waals surface area (Å²) in [6.45, 7) is 4.03. The van der Waals surface area contributed by atoms with Crippen LogP contribution in [0, 0.1) is 0 Å². The van der Waals surface area contributed by atoms with Crippen LogP contribution < -0.4 is 23.7 Å². The second-order valence-corrected chi connectivity index (χ2v) is 6.98. The lowest BCUT2D eigenvalue weighted by Gasteiger charge is -2.29. The fourth-order valence-corrected chi connectivity index (χ4v) is 3.11. The summed E-state index contributed by atoms with van der Waals surface area (Å²) in [5.74, 6) is 3.04. The molecule has 0 aliphatic carbocycles. The van der Waals surface area contributed by atoms with E-state index in [2.05, 4.69) is 0 Å². The summed E-state index contributed by atoms with van der Waals surface area (Å²) < 4.78 is 27.8. The number of ether oxygens (including phenoxy) is 5. The van der Waals surface area contributed by atoms with Gasteiger partial charge in [-0.15, -0.1) is 0 Å². The van der Waals surface area contributed by atoms with E-state index in [0.717, 1.165) is 11.3 Å². The first-order valence-electron chi connectivity index (χ1n) is 9.00. The van der Waals surface area contributed by atoms with Gasteiger partial charge in [0.15, 0.2) is 11.5 Å². The van der Waals surface area contributed by atoms with E-state index in [0.29, 0.717) is 28.6 Å². The van der Waals surface area contributed by atoms with Gasteiger partial charge < -0.3 is 28.8 Å². The average molecular weight is 386 g/mol. The van der Waals surface area contributed by atoms with Crippen LogP contribution in [0.25, 0.3) is 6.08 Å². The van der Waals surface area contributed by atoms with Crippen molar-refractivity contribution in [3.63, 3.8) is 0 Å². The number of hydrogen-bond donors (Lipinski definition) is 1. The minimum absolute atomic E-state index is 0.0562. The molecule has 0 amide bonds. The Kier molecular flexibility index (Phi) is 5.70. The zero-order valence-corrected chi connectivity index (χ0v) is 16.8. The number of benzene rings is 2. The molecular weight excluding hydrogens is 360 g/mol. The SMILES string of the molecule is COc1ccc(OCC(O)c2ccc3c(c2OC)C=CC(C)(C)O3)cc1OC. The molecule has 0 spiro atoms. The third-order valence-corrected chi connectivity index (χ3v) is 4.54. The van der Waals surface area contributed by atoms with Crippen LogP contribution in [0.2, 0.25) is 0 Å². The third-order valence-electron chi connectivity index (χ3n) is 4.54. The lowest BCUT2D eigenvalue weighted by molar-refractivity contribution is 0.105. The molecule has 0 saturated heterocycles. The van der Waals surface area contributed by atoms with Gasteiger partial charge in [0.25, 0.3) is 0 Å². The molecule has 1 unspecified atom stereocenters. The highest BCUT2D eigenvalue weighted by Crippen LogP contribution is 2.41. The summed E-state index contributed by atoms with van der Waals surface area (Å²) in [6, 6.07) is 8.88. The van der Waals surface area contributed by atoms with Crippen molar-refractivity contribution in [3.8, 4) is 28.7 Å². The van der Waals surface area contributed by atoms with Crippen molar-refractivity contribution in [1.82, 2.24) is 0 Å². The normalized spacial score (nSPS) is 15.2. The van der Waals surface area contributed by atoms with Gasteiger partial charge in [0, 0.05) is 11.6 Å². The maximum absolute atomic E-state index is 10.7.